The third kappa shape index (κ3) is 5.14. The average Bonchev–Trinajstić information content (AvgIpc) is 2.65. The van der Waals surface area contributed by atoms with Gasteiger partial charge in [-0.3, -0.25) is 14.8 Å². The smallest absolute Gasteiger partial charge is 0.272 e. The molecule has 5 nitrogen and oxygen atoms in total. The third-order valence-electron chi connectivity index (χ3n) is 4.32. The summed E-state index contributed by atoms with van der Waals surface area (Å²) in [6.07, 6.45) is 5.97. The molecular weight excluding hydrogens is 336 g/mol. The van der Waals surface area contributed by atoms with E-state index in [1.165, 1.54) is 11.1 Å². The summed E-state index contributed by atoms with van der Waals surface area (Å²) in [6, 6.07) is 13.9. The summed E-state index contributed by atoms with van der Waals surface area (Å²) in [5.41, 5.74) is 5.82. The van der Waals surface area contributed by atoms with Crippen molar-refractivity contribution in [1.82, 2.24) is 14.9 Å². The van der Waals surface area contributed by atoms with E-state index >= 15 is 0 Å². The Kier molecular flexibility index (Phi) is 5.81. The van der Waals surface area contributed by atoms with Gasteiger partial charge in [0.1, 0.15) is 5.69 Å². The van der Waals surface area contributed by atoms with E-state index in [1.54, 1.807) is 36.6 Å². The van der Waals surface area contributed by atoms with E-state index in [1.807, 2.05) is 18.2 Å². The van der Waals surface area contributed by atoms with Crippen LogP contribution < -0.4 is 5.32 Å². The van der Waals surface area contributed by atoms with Crippen molar-refractivity contribution < 1.29 is 4.79 Å². The Morgan fingerprint density at radius 2 is 1.67 bits per heavy atom. The van der Waals surface area contributed by atoms with Gasteiger partial charge in [-0.05, 0) is 73.4 Å². The largest absolute Gasteiger partial charge is 0.355 e. The molecule has 0 aliphatic heterocycles. The average molecular weight is 360 g/mol. The Hall–Kier alpha value is -3.21. The van der Waals surface area contributed by atoms with Crippen molar-refractivity contribution in [3.63, 3.8) is 0 Å². The highest BCUT2D eigenvalue weighted by atomic mass is 16.2. The number of pyridine rings is 2. The zero-order valence-electron chi connectivity index (χ0n) is 15.9. The maximum absolute atomic E-state index is 12.7. The molecule has 0 fully saturated rings. The summed E-state index contributed by atoms with van der Waals surface area (Å²) in [7, 11) is 1.80. The predicted octanol–water partition coefficient (Wildman–Crippen LogP) is 4.15. The topological polar surface area (TPSA) is 58.1 Å². The number of anilines is 2. The quantitative estimate of drug-likeness (QED) is 0.717. The minimum absolute atomic E-state index is 0.0897. The van der Waals surface area contributed by atoms with Crippen LogP contribution in [0.4, 0.5) is 11.4 Å². The van der Waals surface area contributed by atoms with E-state index in [0.29, 0.717) is 12.2 Å². The van der Waals surface area contributed by atoms with Crippen molar-refractivity contribution in [2.45, 2.75) is 20.3 Å². The summed E-state index contributed by atoms with van der Waals surface area (Å²) in [5.74, 6) is -0.0897. The van der Waals surface area contributed by atoms with E-state index in [4.69, 9.17) is 0 Å². The van der Waals surface area contributed by atoms with Gasteiger partial charge in [-0.2, -0.15) is 0 Å². The molecule has 0 bridgehead atoms. The van der Waals surface area contributed by atoms with Crippen molar-refractivity contribution in [2.24, 2.45) is 0 Å². The fraction of sp³-hybridized carbons (Fsp3) is 0.227. The Bertz CT molecular complexity index is 904. The van der Waals surface area contributed by atoms with Crippen molar-refractivity contribution in [3.8, 4) is 0 Å². The van der Waals surface area contributed by atoms with Crippen LogP contribution in [0, 0.1) is 13.8 Å². The van der Waals surface area contributed by atoms with E-state index in [2.05, 4.69) is 47.3 Å². The molecule has 0 saturated heterocycles. The highest BCUT2D eigenvalue weighted by Crippen LogP contribution is 2.20. The lowest BCUT2D eigenvalue weighted by molar-refractivity contribution is 0.0791. The van der Waals surface area contributed by atoms with Gasteiger partial charge in [-0.1, -0.05) is 6.07 Å². The number of hydrogen-bond acceptors (Lipinski definition) is 4. The van der Waals surface area contributed by atoms with Crippen LogP contribution in [-0.2, 0) is 6.42 Å². The molecule has 27 heavy (non-hydrogen) atoms. The van der Waals surface area contributed by atoms with Gasteiger partial charge in [-0.15, -0.1) is 0 Å². The van der Waals surface area contributed by atoms with E-state index < -0.39 is 0 Å². The molecule has 2 aromatic heterocycles. The zero-order valence-corrected chi connectivity index (χ0v) is 15.9. The molecule has 5 heteroatoms. The molecule has 1 amide bonds. The van der Waals surface area contributed by atoms with Crippen LogP contribution in [0.15, 0.2) is 61.1 Å². The van der Waals surface area contributed by atoms with Crippen LogP contribution in [0.1, 0.15) is 27.2 Å². The number of benzene rings is 1. The maximum atomic E-state index is 12.7. The van der Waals surface area contributed by atoms with E-state index in [0.717, 1.165) is 23.4 Å². The first-order valence-corrected chi connectivity index (χ1v) is 8.97. The van der Waals surface area contributed by atoms with Gasteiger partial charge in [0.05, 0.1) is 0 Å². The first-order chi connectivity index (χ1) is 13.0. The number of aryl methyl sites for hydroxylation is 2. The summed E-state index contributed by atoms with van der Waals surface area (Å²) < 4.78 is 0. The second-order valence-electron chi connectivity index (χ2n) is 6.76. The van der Waals surface area contributed by atoms with Gasteiger partial charge in [0, 0.05) is 43.6 Å². The van der Waals surface area contributed by atoms with Crippen LogP contribution in [0.25, 0.3) is 0 Å². The molecule has 138 valence electrons. The van der Waals surface area contributed by atoms with Gasteiger partial charge in [0.25, 0.3) is 5.91 Å². The maximum Gasteiger partial charge on any atom is 0.272 e. The Morgan fingerprint density at radius 3 is 2.37 bits per heavy atom. The lowest BCUT2D eigenvalue weighted by Crippen LogP contribution is -2.29. The molecule has 0 radical (unpaired) electrons. The Morgan fingerprint density at radius 1 is 0.963 bits per heavy atom. The monoisotopic (exact) mass is 360 g/mol. The minimum atomic E-state index is -0.0897. The number of carbonyl (C=O) groups is 1. The van der Waals surface area contributed by atoms with Gasteiger partial charge in [-0.25, -0.2) is 0 Å². The van der Waals surface area contributed by atoms with Crippen molar-refractivity contribution in [3.05, 3.63) is 83.4 Å². The van der Waals surface area contributed by atoms with Crippen LogP contribution in [0.5, 0.6) is 0 Å². The molecule has 3 rings (SSSR count). The van der Waals surface area contributed by atoms with Crippen molar-refractivity contribution in [2.75, 3.05) is 18.9 Å². The molecule has 1 N–H and O–H groups in total. The number of aromatic nitrogens is 2. The SMILES string of the molecule is Cc1cc(C)cc(Nc2ccnc(C(=O)N(C)CCc3ccncc3)c2)c1. The third-order valence-corrected chi connectivity index (χ3v) is 4.32. The van der Waals surface area contributed by atoms with Gasteiger partial charge < -0.3 is 10.2 Å². The summed E-state index contributed by atoms with van der Waals surface area (Å²) in [4.78, 5) is 22.7. The van der Waals surface area contributed by atoms with Crippen LogP contribution in [-0.4, -0.2) is 34.4 Å². The Labute approximate surface area is 160 Å². The first kappa shape index (κ1) is 18.6. The molecule has 1 aromatic carbocycles. The second-order valence-corrected chi connectivity index (χ2v) is 6.76. The van der Waals surface area contributed by atoms with Gasteiger partial charge in [0.15, 0.2) is 0 Å². The molecule has 2 heterocycles. The van der Waals surface area contributed by atoms with Crippen molar-refractivity contribution >= 4 is 17.3 Å². The number of nitrogens with one attached hydrogen (secondary N) is 1. The second kappa shape index (κ2) is 8.45. The molecule has 0 aliphatic carbocycles. The number of nitrogens with zero attached hydrogens (tertiary/aromatic N) is 3. The minimum Gasteiger partial charge on any atom is -0.355 e. The number of likely N-dealkylation sites (N-methyl/N-ethyl adjacent to an activating group) is 1. The predicted molar refractivity (Wildman–Crippen MR) is 108 cm³/mol. The van der Waals surface area contributed by atoms with Crippen molar-refractivity contribution in [1.29, 1.82) is 0 Å². The Balaban J connectivity index is 1.67. The number of carbonyl (C=O) groups excluding carboxylic acids is 1. The standard InChI is InChI=1S/C22H24N4O/c1-16-12-17(2)14-20(13-16)25-19-6-10-24-21(15-19)22(27)26(3)11-7-18-4-8-23-9-5-18/h4-6,8-10,12-15H,7,11H2,1-3H3,(H,24,25). The molecule has 0 aliphatic rings. The molecule has 0 spiro atoms. The molecule has 3 aromatic rings. The fourth-order valence-electron chi connectivity index (χ4n) is 2.98. The fourth-order valence-corrected chi connectivity index (χ4v) is 2.98. The normalized spacial score (nSPS) is 10.5. The highest BCUT2D eigenvalue weighted by Gasteiger charge is 2.13. The number of amides is 1. The summed E-state index contributed by atoms with van der Waals surface area (Å²) in [5, 5.41) is 3.36. The van der Waals surface area contributed by atoms with Crippen LogP contribution in [0.2, 0.25) is 0 Å². The zero-order chi connectivity index (χ0) is 19.2. The highest BCUT2D eigenvalue weighted by molar-refractivity contribution is 5.93. The van der Waals surface area contributed by atoms with E-state index in [-0.39, 0.29) is 5.91 Å². The lowest BCUT2D eigenvalue weighted by Gasteiger charge is -2.17. The van der Waals surface area contributed by atoms with Crippen LogP contribution in [0.3, 0.4) is 0 Å². The number of hydrogen-bond donors (Lipinski definition) is 1. The summed E-state index contributed by atoms with van der Waals surface area (Å²) >= 11 is 0. The number of rotatable bonds is 6. The lowest BCUT2D eigenvalue weighted by atomic mass is 10.1. The van der Waals surface area contributed by atoms with Crippen LogP contribution >= 0.6 is 0 Å². The molecule has 0 atom stereocenters. The van der Waals surface area contributed by atoms with E-state index in [9.17, 15) is 4.79 Å². The first-order valence-electron chi connectivity index (χ1n) is 8.97. The molecule has 0 saturated carbocycles. The molecule has 0 unspecified atom stereocenters. The molecular formula is C22H24N4O. The van der Waals surface area contributed by atoms with Gasteiger partial charge in [0.2, 0.25) is 0 Å². The van der Waals surface area contributed by atoms with Gasteiger partial charge >= 0.3 is 0 Å². The summed E-state index contributed by atoms with van der Waals surface area (Å²) in [6.45, 7) is 4.76.